The SMILES string of the molecule is NNC(N)=S.O=C1C2=C(Cl)C(Cl)=C1C=C2. The summed E-state index contributed by atoms with van der Waals surface area (Å²) in [7, 11) is 0. The number of nitrogens with one attached hydrogen (secondary N) is 1. The molecular formula is C8H7Cl2N3OS. The number of thiocarbonyl (C=S) groups is 1. The average molecular weight is 264 g/mol. The fourth-order valence-corrected chi connectivity index (χ4v) is 1.55. The quantitative estimate of drug-likeness (QED) is 0.343. The van der Waals surface area contributed by atoms with Crippen LogP contribution in [0.5, 0.6) is 0 Å². The summed E-state index contributed by atoms with van der Waals surface area (Å²) in [4.78, 5) is 11.0. The fraction of sp³-hybridized carbons (Fsp3) is 0. The van der Waals surface area contributed by atoms with Crippen molar-refractivity contribution in [2.24, 2.45) is 11.6 Å². The van der Waals surface area contributed by atoms with Crippen molar-refractivity contribution in [2.45, 2.75) is 0 Å². The predicted molar refractivity (Wildman–Crippen MR) is 64.0 cm³/mol. The van der Waals surface area contributed by atoms with Gasteiger partial charge in [-0.3, -0.25) is 4.79 Å². The largest absolute Gasteiger partial charge is 0.375 e. The van der Waals surface area contributed by atoms with Crippen LogP contribution in [0.15, 0.2) is 33.4 Å². The molecule has 2 rings (SSSR count). The minimum absolute atomic E-state index is 0.0463. The number of allylic oxidation sites excluding steroid dienone is 6. The molecule has 5 N–H and O–H groups in total. The van der Waals surface area contributed by atoms with E-state index in [0.717, 1.165) is 0 Å². The number of hydrogen-bond acceptors (Lipinski definition) is 3. The minimum atomic E-state index is -0.0463. The van der Waals surface area contributed by atoms with Crippen molar-refractivity contribution >= 4 is 46.3 Å². The van der Waals surface area contributed by atoms with Crippen molar-refractivity contribution in [3.63, 3.8) is 0 Å². The van der Waals surface area contributed by atoms with Gasteiger partial charge in [0.2, 0.25) is 0 Å². The molecule has 15 heavy (non-hydrogen) atoms. The zero-order valence-electron chi connectivity index (χ0n) is 7.38. The van der Waals surface area contributed by atoms with E-state index >= 15 is 0 Å². The van der Waals surface area contributed by atoms with Gasteiger partial charge in [-0.2, -0.15) is 0 Å². The van der Waals surface area contributed by atoms with Gasteiger partial charge in [-0.15, -0.1) is 0 Å². The first kappa shape index (κ1) is 12.2. The van der Waals surface area contributed by atoms with Crippen molar-refractivity contribution in [1.29, 1.82) is 0 Å². The Morgan fingerprint density at radius 3 is 1.73 bits per heavy atom. The maximum atomic E-state index is 11.0. The van der Waals surface area contributed by atoms with E-state index in [0.29, 0.717) is 21.2 Å². The van der Waals surface area contributed by atoms with E-state index < -0.39 is 0 Å². The smallest absolute Gasteiger partial charge is 0.196 e. The third-order valence-electron chi connectivity index (χ3n) is 1.71. The number of ketones is 1. The zero-order valence-corrected chi connectivity index (χ0v) is 9.71. The summed E-state index contributed by atoms with van der Waals surface area (Å²) in [5, 5.41) is 0.901. The van der Waals surface area contributed by atoms with Gasteiger partial charge < -0.3 is 11.2 Å². The Bertz CT molecular complexity index is 396. The Morgan fingerprint density at radius 1 is 1.27 bits per heavy atom. The van der Waals surface area contributed by atoms with Gasteiger partial charge in [0.25, 0.3) is 0 Å². The topological polar surface area (TPSA) is 81.1 Å². The number of hydrogen-bond donors (Lipinski definition) is 3. The summed E-state index contributed by atoms with van der Waals surface area (Å²) in [5.41, 5.74) is 7.88. The molecule has 0 saturated heterocycles. The maximum Gasteiger partial charge on any atom is 0.196 e. The van der Waals surface area contributed by atoms with Crippen molar-refractivity contribution in [3.05, 3.63) is 33.4 Å². The van der Waals surface area contributed by atoms with Gasteiger partial charge in [-0.05, 0) is 24.4 Å². The highest BCUT2D eigenvalue weighted by atomic mass is 35.5. The molecule has 0 unspecified atom stereocenters. The van der Waals surface area contributed by atoms with E-state index in [9.17, 15) is 4.79 Å². The Kier molecular flexibility index (Phi) is 3.87. The third-order valence-corrected chi connectivity index (χ3v) is 2.71. The van der Waals surface area contributed by atoms with E-state index in [2.05, 4.69) is 18.1 Å². The lowest BCUT2D eigenvalue weighted by Gasteiger charge is -1.92. The molecule has 0 radical (unpaired) electrons. The highest BCUT2D eigenvalue weighted by Gasteiger charge is 2.31. The second kappa shape index (κ2) is 4.76. The van der Waals surface area contributed by atoms with Crippen LogP contribution in [0.2, 0.25) is 0 Å². The minimum Gasteiger partial charge on any atom is -0.375 e. The Morgan fingerprint density at radius 2 is 1.60 bits per heavy atom. The lowest BCUT2D eigenvalue weighted by atomic mass is 10.2. The molecule has 80 valence electrons. The van der Waals surface area contributed by atoms with Crippen LogP contribution in [0.1, 0.15) is 0 Å². The molecule has 2 bridgehead atoms. The van der Waals surface area contributed by atoms with Crippen LogP contribution in [-0.4, -0.2) is 10.9 Å². The molecule has 0 heterocycles. The summed E-state index contributed by atoms with van der Waals surface area (Å²) in [6.07, 6.45) is 3.37. The van der Waals surface area contributed by atoms with Crippen molar-refractivity contribution in [3.8, 4) is 0 Å². The molecule has 0 aromatic carbocycles. The zero-order chi connectivity index (χ0) is 11.6. The van der Waals surface area contributed by atoms with E-state index in [1.54, 1.807) is 12.2 Å². The second-order valence-corrected chi connectivity index (χ2v) is 3.82. The lowest BCUT2D eigenvalue weighted by molar-refractivity contribution is -0.111. The van der Waals surface area contributed by atoms with E-state index in [4.69, 9.17) is 28.9 Å². The molecule has 0 saturated carbocycles. The maximum absolute atomic E-state index is 11.0. The molecular weight excluding hydrogens is 257 g/mol. The van der Waals surface area contributed by atoms with Crippen LogP contribution in [0.3, 0.4) is 0 Å². The number of carbonyl (C=O) groups is 1. The fourth-order valence-electron chi connectivity index (χ4n) is 1.05. The summed E-state index contributed by atoms with van der Waals surface area (Å²) in [6, 6.07) is 0. The van der Waals surface area contributed by atoms with Gasteiger partial charge in [0.15, 0.2) is 10.9 Å². The van der Waals surface area contributed by atoms with Crippen LogP contribution in [0.4, 0.5) is 0 Å². The molecule has 2 aliphatic rings. The lowest BCUT2D eigenvalue weighted by Crippen LogP contribution is -2.34. The molecule has 0 amide bonds. The molecule has 7 heteroatoms. The van der Waals surface area contributed by atoms with Crippen molar-refractivity contribution in [1.82, 2.24) is 5.43 Å². The molecule has 0 aromatic rings. The summed E-state index contributed by atoms with van der Waals surface area (Å²) in [5.74, 6) is 4.61. The summed E-state index contributed by atoms with van der Waals surface area (Å²) >= 11 is 15.6. The second-order valence-electron chi connectivity index (χ2n) is 2.63. The Balaban J connectivity index is 0.000000195. The van der Waals surface area contributed by atoms with Crippen LogP contribution >= 0.6 is 35.4 Å². The van der Waals surface area contributed by atoms with Gasteiger partial charge in [-0.1, -0.05) is 23.2 Å². The highest BCUT2D eigenvalue weighted by Crippen LogP contribution is 2.40. The van der Waals surface area contributed by atoms with Crippen LogP contribution < -0.4 is 17.0 Å². The third kappa shape index (κ3) is 2.38. The molecule has 0 aromatic heterocycles. The van der Waals surface area contributed by atoms with Crippen LogP contribution in [0.25, 0.3) is 0 Å². The first-order chi connectivity index (χ1) is 6.99. The number of hydrazine groups is 1. The van der Waals surface area contributed by atoms with Gasteiger partial charge in [0.05, 0.1) is 10.1 Å². The predicted octanol–water partition coefficient (Wildman–Crippen LogP) is 0.818. The number of carbonyl (C=O) groups excluding carboxylic acids is 1. The number of rotatable bonds is 0. The first-order valence-electron chi connectivity index (χ1n) is 3.77. The first-order valence-corrected chi connectivity index (χ1v) is 4.94. The average Bonchev–Trinajstić information content (AvgIpc) is 2.65. The normalized spacial score (nSPS) is 16.9. The summed E-state index contributed by atoms with van der Waals surface area (Å²) in [6.45, 7) is 0. The Labute approximate surface area is 102 Å². The highest BCUT2D eigenvalue weighted by molar-refractivity contribution is 7.80. The van der Waals surface area contributed by atoms with Gasteiger partial charge in [0, 0.05) is 11.1 Å². The van der Waals surface area contributed by atoms with Crippen LogP contribution in [-0.2, 0) is 4.79 Å². The number of nitrogens with two attached hydrogens (primary N) is 2. The van der Waals surface area contributed by atoms with Gasteiger partial charge >= 0.3 is 0 Å². The van der Waals surface area contributed by atoms with Crippen molar-refractivity contribution < 1.29 is 4.79 Å². The van der Waals surface area contributed by atoms with Crippen molar-refractivity contribution in [2.75, 3.05) is 0 Å². The summed E-state index contributed by atoms with van der Waals surface area (Å²) < 4.78 is 0. The molecule has 4 nitrogen and oxygen atoms in total. The number of fused-ring (bicyclic) bond motifs is 2. The molecule has 0 aliphatic heterocycles. The number of Topliss-reactive ketones (excluding diaryl/α,β-unsaturated/α-hetero) is 1. The molecule has 0 fully saturated rings. The Hall–Kier alpha value is -0.880. The van der Waals surface area contributed by atoms with E-state index in [1.807, 2.05) is 5.43 Å². The van der Waals surface area contributed by atoms with Crippen LogP contribution in [0, 0.1) is 0 Å². The van der Waals surface area contributed by atoms with Gasteiger partial charge in [-0.25, -0.2) is 5.84 Å². The van der Waals surface area contributed by atoms with E-state index in [-0.39, 0.29) is 10.9 Å². The van der Waals surface area contributed by atoms with E-state index in [1.165, 1.54) is 0 Å². The molecule has 0 spiro atoms. The number of halogens is 2. The molecule has 0 atom stereocenters. The van der Waals surface area contributed by atoms with Gasteiger partial charge in [0.1, 0.15) is 0 Å². The standard InChI is InChI=1S/C7H2Cl2O.CH5N3S/c8-5-3-1-2-4(6(5)9)7(3)10;2-1(5)4-3/h1-2H;3H2,(H3,2,4,5). The molecule has 2 aliphatic carbocycles. The monoisotopic (exact) mass is 263 g/mol.